The molecule has 0 aliphatic carbocycles. The predicted molar refractivity (Wildman–Crippen MR) is 72.5 cm³/mol. The van der Waals surface area contributed by atoms with Gasteiger partial charge in [-0.15, -0.1) is 6.58 Å². The van der Waals surface area contributed by atoms with Gasteiger partial charge >= 0.3 is 5.97 Å². The van der Waals surface area contributed by atoms with E-state index in [2.05, 4.69) is 6.58 Å². The molecule has 0 spiro atoms. The van der Waals surface area contributed by atoms with Gasteiger partial charge in [0.05, 0.1) is 4.90 Å². The zero-order valence-corrected chi connectivity index (χ0v) is 11.8. The minimum Gasteiger partial charge on any atom is -0.480 e. The van der Waals surface area contributed by atoms with Crippen molar-refractivity contribution in [1.82, 2.24) is 4.31 Å². The van der Waals surface area contributed by atoms with E-state index in [9.17, 15) is 13.2 Å². The number of hydrogen-bond acceptors (Lipinski definition) is 3. The Bertz CT molecular complexity index is 572. The van der Waals surface area contributed by atoms with Crippen LogP contribution in [0.25, 0.3) is 0 Å². The van der Waals surface area contributed by atoms with E-state index in [-0.39, 0.29) is 11.4 Å². The first-order valence-electron chi connectivity index (χ1n) is 5.68. The number of carboxylic acid groups (broad SMARTS) is 1. The van der Waals surface area contributed by atoms with Gasteiger partial charge in [0.1, 0.15) is 6.54 Å². The second kappa shape index (κ2) is 5.99. The third-order valence-corrected chi connectivity index (χ3v) is 4.27. The van der Waals surface area contributed by atoms with E-state index in [0.29, 0.717) is 0 Å². The summed E-state index contributed by atoms with van der Waals surface area (Å²) in [5.41, 5.74) is 1.62. The molecule has 6 heteroatoms. The number of benzene rings is 1. The van der Waals surface area contributed by atoms with Crippen molar-refractivity contribution in [3.8, 4) is 0 Å². The summed E-state index contributed by atoms with van der Waals surface area (Å²) in [5, 5.41) is 8.79. The Morgan fingerprint density at radius 3 is 2.26 bits per heavy atom. The van der Waals surface area contributed by atoms with Crippen LogP contribution in [0.2, 0.25) is 0 Å². The highest BCUT2D eigenvalue weighted by molar-refractivity contribution is 7.89. The minimum atomic E-state index is -3.82. The lowest BCUT2D eigenvalue weighted by atomic mass is 10.2. The van der Waals surface area contributed by atoms with Crippen molar-refractivity contribution in [2.24, 2.45) is 0 Å². The number of carbonyl (C=O) groups is 1. The molecule has 5 nitrogen and oxygen atoms in total. The van der Waals surface area contributed by atoms with Gasteiger partial charge in [0, 0.05) is 6.54 Å². The molecule has 1 N–H and O–H groups in total. The molecule has 0 saturated carbocycles. The second-order valence-corrected chi connectivity index (χ2v) is 6.24. The van der Waals surface area contributed by atoms with E-state index in [1.54, 1.807) is 13.8 Å². The minimum absolute atomic E-state index is 0.0401. The van der Waals surface area contributed by atoms with E-state index >= 15 is 0 Å². The maximum atomic E-state index is 12.4. The Balaban J connectivity index is 3.25. The number of hydrogen-bond donors (Lipinski definition) is 1. The lowest BCUT2D eigenvalue weighted by molar-refractivity contribution is -0.137. The van der Waals surface area contributed by atoms with Gasteiger partial charge in [-0.3, -0.25) is 4.79 Å². The zero-order valence-electron chi connectivity index (χ0n) is 11.0. The standard InChI is InChI=1S/C13H17NO4S/c1-4-5-14(9-13(15)16)19(17,18)12-7-10(2)6-11(3)8-12/h4,6-8H,1,5,9H2,2-3H3,(H,15,16). The number of rotatable bonds is 6. The monoisotopic (exact) mass is 283 g/mol. The molecule has 0 fully saturated rings. The molecule has 19 heavy (non-hydrogen) atoms. The molecule has 104 valence electrons. The molecule has 1 aromatic carbocycles. The lowest BCUT2D eigenvalue weighted by Gasteiger charge is -2.19. The fraction of sp³-hybridized carbons (Fsp3) is 0.308. The van der Waals surface area contributed by atoms with Gasteiger partial charge in [0.2, 0.25) is 10.0 Å². The Hall–Kier alpha value is -1.66. The zero-order chi connectivity index (χ0) is 14.6. The van der Waals surface area contributed by atoms with E-state index in [0.717, 1.165) is 15.4 Å². The van der Waals surface area contributed by atoms with Gasteiger partial charge < -0.3 is 5.11 Å². The summed E-state index contributed by atoms with van der Waals surface area (Å²) in [7, 11) is -3.82. The molecule has 1 rings (SSSR count). The summed E-state index contributed by atoms with van der Waals surface area (Å²) in [6.45, 7) is 6.41. The molecule has 0 radical (unpaired) electrons. The van der Waals surface area contributed by atoms with Crippen LogP contribution in [-0.4, -0.2) is 36.9 Å². The summed E-state index contributed by atoms with van der Waals surface area (Å²) in [6, 6.07) is 4.91. The number of nitrogens with zero attached hydrogens (tertiary/aromatic N) is 1. The quantitative estimate of drug-likeness (QED) is 0.804. The van der Waals surface area contributed by atoms with E-state index in [1.807, 2.05) is 6.07 Å². The van der Waals surface area contributed by atoms with Gasteiger partial charge in [-0.2, -0.15) is 4.31 Å². The van der Waals surface area contributed by atoms with Crippen LogP contribution in [0.4, 0.5) is 0 Å². The van der Waals surface area contributed by atoms with Gasteiger partial charge in [-0.25, -0.2) is 8.42 Å². The van der Waals surface area contributed by atoms with Crippen LogP contribution >= 0.6 is 0 Å². The van der Waals surface area contributed by atoms with Crippen molar-refractivity contribution in [2.45, 2.75) is 18.7 Å². The molecule has 0 aliphatic heterocycles. The average molecular weight is 283 g/mol. The Kier molecular flexibility index (Phi) is 4.85. The molecule has 0 saturated heterocycles. The molecular formula is C13H17NO4S. The van der Waals surface area contributed by atoms with Crippen LogP contribution in [0.5, 0.6) is 0 Å². The van der Waals surface area contributed by atoms with Crippen LogP contribution in [-0.2, 0) is 14.8 Å². The normalized spacial score (nSPS) is 11.5. The highest BCUT2D eigenvalue weighted by Crippen LogP contribution is 2.19. The summed E-state index contributed by atoms with van der Waals surface area (Å²) < 4.78 is 25.6. The molecule has 0 amide bonds. The first-order valence-corrected chi connectivity index (χ1v) is 7.12. The Morgan fingerprint density at radius 2 is 1.84 bits per heavy atom. The van der Waals surface area contributed by atoms with Gasteiger partial charge in [-0.05, 0) is 37.1 Å². The number of aliphatic carboxylic acids is 1. The largest absolute Gasteiger partial charge is 0.480 e. The van der Waals surface area contributed by atoms with Crippen molar-refractivity contribution in [2.75, 3.05) is 13.1 Å². The van der Waals surface area contributed by atoms with Gasteiger partial charge in [-0.1, -0.05) is 12.1 Å². The molecule has 0 unspecified atom stereocenters. The smallest absolute Gasteiger partial charge is 0.318 e. The summed E-state index contributed by atoms with van der Waals surface area (Å²) in [4.78, 5) is 10.9. The van der Waals surface area contributed by atoms with E-state index in [4.69, 9.17) is 5.11 Å². The Morgan fingerprint density at radius 1 is 1.32 bits per heavy atom. The molecule has 0 heterocycles. The number of aryl methyl sites for hydroxylation is 2. The van der Waals surface area contributed by atoms with Crippen LogP contribution in [0, 0.1) is 13.8 Å². The van der Waals surface area contributed by atoms with Crippen LogP contribution in [0.15, 0.2) is 35.7 Å². The van der Waals surface area contributed by atoms with Gasteiger partial charge in [0.15, 0.2) is 0 Å². The second-order valence-electron chi connectivity index (χ2n) is 4.30. The number of carboxylic acids is 1. The summed E-state index contributed by atoms with van der Waals surface area (Å²) in [6.07, 6.45) is 1.36. The predicted octanol–water partition coefficient (Wildman–Crippen LogP) is 1.56. The highest BCUT2D eigenvalue weighted by atomic mass is 32.2. The van der Waals surface area contributed by atoms with Crippen molar-refractivity contribution in [3.63, 3.8) is 0 Å². The molecule has 0 aliphatic rings. The average Bonchev–Trinajstić information content (AvgIpc) is 2.26. The fourth-order valence-corrected chi connectivity index (χ4v) is 3.32. The van der Waals surface area contributed by atoms with Crippen LogP contribution < -0.4 is 0 Å². The first kappa shape index (κ1) is 15.4. The molecule has 1 aromatic rings. The molecule has 0 bridgehead atoms. The molecule has 0 atom stereocenters. The lowest BCUT2D eigenvalue weighted by Crippen LogP contribution is -2.35. The maximum absolute atomic E-state index is 12.4. The summed E-state index contributed by atoms with van der Waals surface area (Å²) >= 11 is 0. The third kappa shape index (κ3) is 3.90. The van der Waals surface area contributed by atoms with Crippen molar-refractivity contribution in [1.29, 1.82) is 0 Å². The van der Waals surface area contributed by atoms with Crippen molar-refractivity contribution >= 4 is 16.0 Å². The first-order chi connectivity index (χ1) is 8.77. The maximum Gasteiger partial charge on any atom is 0.318 e. The van der Waals surface area contributed by atoms with E-state index < -0.39 is 22.5 Å². The SMILES string of the molecule is C=CCN(CC(=O)O)S(=O)(=O)c1cc(C)cc(C)c1. The van der Waals surface area contributed by atoms with Crippen LogP contribution in [0.1, 0.15) is 11.1 Å². The molecular weight excluding hydrogens is 266 g/mol. The fourth-order valence-electron chi connectivity index (χ4n) is 1.77. The Labute approximate surface area is 113 Å². The molecule has 0 aromatic heterocycles. The van der Waals surface area contributed by atoms with Crippen molar-refractivity contribution in [3.05, 3.63) is 42.0 Å². The topological polar surface area (TPSA) is 74.7 Å². The van der Waals surface area contributed by atoms with Gasteiger partial charge in [0.25, 0.3) is 0 Å². The third-order valence-electron chi connectivity index (χ3n) is 2.48. The van der Waals surface area contributed by atoms with E-state index in [1.165, 1.54) is 18.2 Å². The summed E-state index contributed by atoms with van der Waals surface area (Å²) in [5.74, 6) is -1.20. The van der Waals surface area contributed by atoms with Crippen LogP contribution in [0.3, 0.4) is 0 Å². The number of sulfonamides is 1. The van der Waals surface area contributed by atoms with Crippen molar-refractivity contribution < 1.29 is 18.3 Å². The highest BCUT2D eigenvalue weighted by Gasteiger charge is 2.25.